The van der Waals surface area contributed by atoms with Gasteiger partial charge in [0, 0.05) is 32.6 Å². The first kappa shape index (κ1) is 14.3. The molecule has 0 bridgehead atoms. The predicted octanol–water partition coefficient (Wildman–Crippen LogP) is -0.419. The third-order valence-electron chi connectivity index (χ3n) is 2.96. The smallest absolute Gasteiger partial charge is 0.320 e. The molecule has 0 atom stereocenters. The number of likely N-dealkylation sites (N-methyl/N-ethyl adjacent to an activating group) is 2. The van der Waals surface area contributed by atoms with E-state index in [-0.39, 0.29) is 30.8 Å². The minimum Gasteiger partial charge on any atom is -0.481 e. The fraction of sp³-hybridized carbons (Fsp3) is 0.727. The second kappa shape index (κ2) is 6.23. The van der Waals surface area contributed by atoms with Gasteiger partial charge in [0.2, 0.25) is 5.91 Å². The van der Waals surface area contributed by atoms with E-state index in [2.05, 4.69) is 5.32 Å². The number of aliphatic carboxylic acids is 1. The Morgan fingerprint density at radius 1 is 1.39 bits per heavy atom. The van der Waals surface area contributed by atoms with Crippen LogP contribution in [0.25, 0.3) is 0 Å². The van der Waals surface area contributed by atoms with Gasteiger partial charge < -0.3 is 20.2 Å². The molecule has 0 aromatic carbocycles. The minimum absolute atomic E-state index is 0.0326. The van der Waals surface area contributed by atoms with Gasteiger partial charge in [0.05, 0.1) is 6.42 Å². The molecule has 0 unspecified atom stereocenters. The van der Waals surface area contributed by atoms with Crippen LogP contribution in [0.15, 0.2) is 0 Å². The van der Waals surface area contributed by atoms with Crippen LogP contribution < -0.4 is 5.32 Å². The summed E-state index contributed by atoms with van der Waals surface area (Å²) in [5.41, 5.74) is 0. The Balaban J connectivity index is 2.40. The summed E-state index contributed by atoms with van der Waals surface area (Å²) in [6, 6.07) is -0.206. The molecule has 1 saturated heterocycles. The second-order valence-corrected chi connectivity index (χ2v) is 4.34. The van der Waals surface area contributed by atoms with Gasteiger partial charge in [0.25, 0.3) is 0 Å². The molecule has 102 valence electrons. The normalized spacial score (nSPS) is 14.9. The summed E-state index contributed by atoms with van der Waals surface area (Å²) in [5.74, 6) is -1.03. The second-order valence-electron chi connectivity index (χ2n) is 4.34. The number of carboxylic acid groups (broad SMARTS) is 1. The van der Waals surface area contributed by atoms with Crippen molar-refractivity contribution in [3.63, 3.8) is 0 Å². The van der Waals surface area contributed by atoms with Crippen molar-refractivity contribution in [2.75, 3.05) is 33.2 Å². The van der Waals surface area contributed by atoms with Crippen LogP contribution in [-0.2, 0) is 9.59 Å². The van der Waals surface area contributed by atoms with E-state index in [0.29, 0.717) is 19.6 Å². The number of carbonyl (C=O) groups excluding carboxylic acids is 2. The van der Waals surface area contributed by atoms with E-state index in [0.717, 1.165) is 0 Å². The molecule has 2 N–H and O–H groups in total. The fourth-order valence-electron chi connectivity index (χ4n) is 1.87. The Labute approximate surface area is 106 Å². The van der Waals surface area contributed by atoms with Gasteiger partial charge in [-0.3, -0.25) is 9.59 Å². The number of rotatable bonds is 5. The molecule has 1 heterocycles. The largest absolute Gasteiger partial charge is 0.481 e. The maximum Gasteiger partial charge on any atom is 0.320 e. The van der Waals surface area contributed by atoms with Crippen LogP contribution in [0.2, 0.25) is 0 Å². The summed E-state index contributed by atoms with van der Waals surface area (Å²) >= 11 is 0. The number of hydrogen-bond donors (Lipinski definition) is 2. The lowest BCUT2D eigenvalue weighted by atomic mass is 9.97. The number of hydrogen-bond acceptors (Lipinski definition) is 3. The predicted molar refractivity (Wildman–Crippen MR) is 64.0 cm³/mol. The lowest BCUT2D eigenvalue weighted by Crippen LogP contribution is -2.56. The maximum absolute atomic E-state index is 12.0. The van der Waals surface area contributed by atoms with E-state index < -0.39 is 5.97 Å². The number of nitrogens with one attached hydrogen (secondary N) is 1. The Morgan fingerprint density at radius 2 is 2.00 bits per heavy atom. The number of nitrogens with zero attached hydrogens (tertiary/aromatic N) is 2. The van der Waals surface area contributed by atoms with Crippen LogP contribution in [0.3, 0.4) is 0 Å². The molecule has 0 spiro atoms. The number of likely N-dealkylation sites (tertiary alicyclic amines) is 1. The van der Waals surface area contributed by atoms with E-state index in [1.807, 2.05) is 0 Å². The molecular formula is C11H19N3O4. The molecule has 0 saturated carbocycles. The average molecular weight is 257 g/mol. The molecular weight excluding hydrogens is 238 g/mol. The Bertz CT molecular complexity index is 339. The van der Waals surface area contributed by atoms with Crippen molar-refractivity contribution in [3.8, 4) is 0 Å². The number of amides is 3. The van der Waals surface area contributed by atoms with Gasteiger partial charge in [0.1, 0.15) is 6.54 Å². The van der Waals surface area contributed by atoms with E-state index in [1.54, 1.807) is 11.8 Å². The van der Waals surface area contributed by atoms with E-state index >= 15 is 0 Å². The van der Waals surface area contributed by atoms with E-state index in [4.69, 9.17) is 5.11 Å². The van der Waals surface area contributed by atoms with Crippen LogP contribution >= 0.6 is 0 Å². The van der Waals surface area contributed by atoms with E-state index in [9.17, 15) is 14.4 Å². The van der Waals surface area contributed by atoms with Gasteiger partial charge in [-0.1, -0.05) is 0 Å². The highest BCUT2D eigenvalue weighted by molar-refractivity contribution is 5.84. The molecule has 18 heavy (non-hydrogen) atoms. The highest BCUT2D eigenvalue weighted by atomic mass is 16.4. The zero-order valence-electron chi connectivity index (χ0n) is 10.7. The van der Waals surface area contributed by atoms with E-state index in [1.165, 1.54) is 11.9 Å². The Morgan fingerprint density at radius 3 is 2.44 bits per heavy atom. The van der Waals surface area contributed by atoms with Gasteiger partial charge >= 0.3 is 12.0 Å². The standard InChI is InChI=1S/C11H19N3O4/c1-3-13(7-9(15)12-2)11(18)14-5-8(6-14)4-10(16)17/h8H,3-7H2,1-2H3,(H,12,15)(H,16,17). The van der Waals surface area contributed by atoms with Crippen molar-refractivity contribution in [1.29, 1.82) is 0 Å². The van der Waals surface area contributed by atoms with Gasteiger partial charge in [-0.05, 0) is 6.92 Å². The highest BCUT2D eigenvalue weighted by Gasteiger charge is 2.34. The monoisotopic (exact) mass is 257 g/mol. The lowest BCUT2D eigenvalue weighted by molar-refractivity contribution is -0.139. The third kappa shape index (κ3) is 3.61. The topological polar surface area (TPSA) is 90.0 Å². The lowest BCUT2D eigenvalue weighted by Gasteiger charge is -2.41. The summed E-state index contributed by atoms with van der Waals surface area (Å²) < 4.78 is 0. The zero-order valence-corrected chi connectivity index (χ0v) is 10.7. The number of urea groups is 1. The van der Waals surface area contributed by atoms with Crippen LogP contribution in [0.4, 0.5) is 4.79 Å². The average Bonchev–Trinajstić information content (AvgIpc) is 2.28. The third-order valence-corrected chi connectivity index (χ3v) is 2.96. The van der Waals surface area contributed by atoms with Crippen LogP contribution in [-0.4, -0.2) is 66.0 Å². The summed E-state index contributed by atoms with van der Waals surface area (Å²) in [6.07, 6.45) is 0.0886. The minimum atomic E-state index is -0.843. The molecule has 1 aliphatic heterocycles. The molecule has 7 nitrogen and oxygen atoms in total. The van der Waals surface area contributed by atoms with Crippen LogP contribution in [0.1, 0.15) is 13.3 Å². The molecule has 0 aromatic heterocycles. The summed E-state index contributed by atoms with van der Waals surface area (Å²) in [6.45, 7) is 3.19. The number of carbonyl (C=O) groups is 3. The highest BCUT2D eigenvalue weighted by Crippen LogP contribution is 2.20. The summed E-state index contributed by atoms with van der Waals surface area (Å²) in [5, 5.41) is 11.1. The summed E-state index contributed by atoms with van der Waals surface area (Å²) in [7, 11) is 1.52. The van der Waals surface area contributed by atoms with Crippen molar-refractivity contribution in [3.05, 3.63) is 0 Å². The molecule has 1 fully saturated rings. The van der Waals surface area contributed by atoms with Gasteiger partial charge in [-0.2, -0.15) is 0 Å². The van der Waals surface area contributed by atoms with Crippen LogP contribution in [0, 0.1) is 5.92 Å². The quantitative estimate of drug-likeness (QED) is 0.700. The SMILES string of the molecule is CCN(CC(=O)NC)C(=O)N1CC(CC(=O)O)C1. The first-order valence-electron chi connectivity index (χ1n) is 5.94. The zero-order chi connectivity index (χ0) is 13.7. The van der Waals surface area contributed by atoms with Gasteiger partial charge in [-0.25, -0.2) is 4.79 Å². The maximum atomic E-state index is 12.0. The molecule has 3 amide bonds. The van der Waals surface area contributed by atoms with Crippen molar-refractivity contribution < 1.29 is 19.5 Å². The van der Waals surface area contributed by atoms with Crippen molar-refractivity contribution in [1.82, 2.24) is 15.1 Å². The molecule has 0 aromatic rings. The van der Waals surface area contributed by atoms with Crippen LogP contribution in [0.5, 0.6) is 0 Å². The molecule has 7 heteroatoms. The summed E-state index contributed by atoms with van der Waals surface area (Å²) in [4.78, 5) is 36.7. The fourth-order valence-corrected chi connectivity index (χ4v) is 1.87. The van der Waals surface area contributed by atoms with Crippen molar-refractivity contribution in [2.24, 2.45) is 5.92 Å². The molecule has 0 aliphatic carbocycles. The van der Waals surface area contributed by atoms with Gasteiger partial charge in [-0.15, -0.1) is 0 Å². The van der Waals surface area contributed by atoms with Gasteiger partial charge in [0.15, 0.2) is 0 Å². The molecule has 0 radical (unpaired) electrons. The van der Waals surface area contributed by atoms with Crippen molar-refractivity contribution in [2.45, 2.75) is 13.3 Å². The molecule has 1 aliphatic rings. The number of carboxylic acids is 1. The molecule has 1 rings (SSSR count). The first-order chi connectivity index (χ1) is 8.47. The van der Waals surface area contributed by atoms with Crippen molar-refractivity contribution >= 4 is 17.9 Å². The first-order valence-corrected chi connectivity index (χ1v) is 5.94. The Kier molecular flexibility index (Phi) is 4.94. The Hall–Kier alpha value is -1.79.